The van der Waals surface area contributed by atoms with Crippen molar-refractivity contribution in [2.45, 2.75) is 31.8 Å². The number of halogens is 1. The van der Waals surface area contributed by atoms with Gasteiger partial charge in [0.05, 0.1) is 16.1 Å². The van der Waals surface area contributed by atoms with Crippen LogP contribution in [0.4, 0.5) is 0 Å². The molecule has 166 valence electrons. The number of hydrogen-bond acceptors (Lipinski definition) is 6. The van der Waals surface area contributed by atoms with E-state index in [1.54, 1.807) is 11.5 Å². The molecule has 1 atom stereocenters. The molecule has 1 aliphatic carbocycles. The van der Waals surface area contributed by atoms with E-state index >= 15 is 0 Å². The highest BCUT2D eigenvalue weighted by Gasteiger charge is 2.34. The third-order valence-electron chi connectivity index (χ3n) is 6.31. The van der Waals surface area contributed by atoms with Gasteiger partial charge in [-0.05, 0) is 37.6 Å². The summed E-state index contributed by atoms with van der Waals surface area (Å²) < 4.78 is 14.7. The third kappa shape index (κ3) is 4.55. The fraction of sp³-hybridized carbons (Fsp3) is 0.522. The Kier molecular flexibility index (Phi) is 6.36. The summed E-state index contributed by atoms with van der Waals surface area (Å²) in [5.74, 6) is 1.77. The highest BCUT2D eigenvalue weighted by Crippen LogP contribution is 2.33. The van der Waals surface area contributed by atoms with E-state index in [2.05, 4.69) is 9.80 Å². The Bertz CT molecular complexity index is 1050. The molecule has 1 fully saturated rings. The molecule has 0 bridgehead atoms. The summed E-state index contributed by atoms with van der Waals surface area (Å²) in [6, 6.07) is 8.06. The average Bonchev–Trinajstić information content (AvgIpc) is 3.12. The van der Waals surface area contributed by atoms with E-state index in [1.807, 2.05) is 34.3 Å². The lowest BCUT2D eigenvalue weighted by atomic mass is 10.0. The van der Waals surface area contributed by atoms with Gasteiger partial charge >= 0.3 is 0 Å². The van der Waals surface area contributed by atoms with E-state index in [9.17, 15) is 4.79 Å². The van der Waals surface area contributed by atoms with E-state index in [4.69, 9.17) is 21.1 Å². The van der Waals surface area contributed by atoms with Gasteiger partial charge in [0.2, 0.25) is 0 Å². The van der Waals surface area contributed by atoms with Gasteiger partial charge in [-0.3, -0.25) is 13.7 Å². The summed E-state index contributed by atoms with van der Waals surface area (Å²) in [5, 5.41) is 1.68. The first-order valence-electron chi connectivity index (χ1n) is 11.1. The quantitative estimate of drug-likeness (QED) is 0.615. The number of fused-ring (bicyclic) bond motifs is 1. The smallest absolute Gasteiger partial charge is 0.268 e. The van der Waals surface area contributed by atoms with Crippen LogP contribution in [-0.4, -0.2) is 65.7 Å². The Balaban J connectivity index is 1.09. The van der Waals surface area contributed by atoms with Crippen molar-refractivity contribution < 1.29 is 9.47 Å². The van der Waals surface area contributed by atoms with Gasteiger partial charge in [-0.2, -0.15) is 0 Å². The summed E-state index contributed by atoms with van der Waals surface area (Å²) in [6.45, 7) is 7.19. The summed E-state index contributed by atoms with van der Waals surface area (Å²) in [5.41, 5.74) is 0.150. The zero-order valence-corrected chi connectivity index (χ0v) is 19.2. The number of rotatable bonds is 6. The van der Waals surface area contributed by atoms with Gasteiger partial charge in [0.25, 0.3) is 5.56 Å². The summed E-state index contributed by atoms with van der Waals surface area (Å²) in [4.78, 5) is 17.5. The fourth-order valence-electron chi connectivity index (χ4n) is 4.65. The molecular weight excluding hydrogens is 434 g/mol. The van der Waals surface area contributed by atoms with Gasteiger partial charge in [-0.1, -0.05) is 35.3 Å². The lowest BCUT2D eigenvalue weighted by Crippen LogP contribution is -2.52. The number of hydrogen-bond donors (Lipinski definition) is 0. The molecule has 31 heavy (non-hydrogen) atoms. The van der Waals surface area contributed by atoms with Gasteiger partial charge in [0.1, 0.15) is 13.2 Å². The topological polar surface area (TPSA) is 46.9 Å². The number of aromatic nitrogens is 1. The number of allylic oxidation sites excluding steroid dienone is 1. The molecule has 8 heteroatoms. The standard InChI is InChI=1S/C23H28ClN3O3S/c24-17-15-19(22-20(16-17)29-13-14-30-22)26-11-9-25(10-12-26)7-3-4-8-27-23(28)18-5-1-2-6-21(18)31-27/h1-2,5-6,16,19H,3-4,7-15H2. The molecule has 0 radical (unpaired) electrons. The number of unbranched alkanes of at least 4 members (excludes halogenated alkanes) is 1. The van der Waals surface area contributed by atoms with Crippen LogP contribution in [0.15, 0.2) is 51.7 Å². The molecule has 0 saturated carbocycles. The van der Waals surface area contributed by atoms with Crippen molar-refractivity contribution in [2.24, 2.45) is 0 Å². The molecule has 1 saturated heterocycles. The van der Waals surface area contributed by atoms with Gasteiger partial charge in [0.15, 0.2) is 11.5 Å². The van der Waals surface area contributed by atoms with Gasteiger partial charge in [-0.25, -0.2) is 0 Å². The molecule has 0 N–H and O–H groups in total. The van der Waals surface area contributed by atoms with E-state index in [1.165, 1.54) is 0 Å². The molecule has 1 aromatic heterocycles. The van der Waals surface area contributed by atoms with E-state index in [0.29, 0.717) is 13.2 Å². The zero-order chi connectivity index (χ0) is 21.2. The first-order valence-corrected chi connectivity index (χ1v) is 12.3. The van der Waals surface area contributed by atoms with E-state index in [-0.39, 0.29) is 11.6 Å². The van der Waals surface area contributed by atoms with Crippen LogP contribution in [0.1, 0.15) is 19.3 Å². The maximum atomic E-state index is 12.5. The summed E-state index contributed by atoms with van der Waals surface area (Å²) in [7, 11) is 0. The molecule has 1 unspecified atom stereocenters. The van der Waals surface area contributed by atoms with Crippen molar-refractivity contribution in [3.05, 3.63) is 57.2 Å². The Morgan fingerprint density at radius 1 is 1.03 bits per heavy atom. The van der Waals surface area contributed by atoms with Crippen LogP contribution in [0.3, 0.4) is 0 Å². The van der Waals surface area contributed by atoms with E-state index < -0.39 is 0 Å². The molecular formula is C23H28ClN3O3S. The number of ether oxygens (including phenoxy) is 2. The normalized spacial score (nSPS) is 22.7. The minimum atomic E-state index is 0.150. The molecule has 3 heterocycles. The summed E-state index contributed by atoms with van der Waals surface area (Å²) in [6.07, 6.45) is 4.83. The molecule has 0 amide bonds. The zero-order valence-electron chi connectivity index (χ0n) is 17.6. The molecule has 5 rings (SSSR count). The Labute approximate surface area is 191 Å². The molecule has 2 aromatic rings. The van der Waals surface area contributed by atoms with Crippen LogP contribution < -0.4 is 5.56 Å². The van der Waals surface area contributed by atoms with Crippen LogP contribution in [0.5, 0.6) is 0 Å². The highest BCUT2D eigenvalue weighted by atomic mass is 35.5. The van der Waals surface area contributed by atoms with Crippen LogP contribution in [0.2, 0.25) is 0 Å². The van der Waals surface area contributed by atoms with E-state index in [0.717, 1.165) is 85.2 Å². The van der Waals surface area contributed by atoms with Crippen LogP contribution in [0, 0.1) is 0 Å². The Hall–Kier alpha value is -1.80. The lowest BCUT2D eigenvalue weighted by Gasteiger charge is -2.41. The Morgan fingerprint density at radius 2 is 1.81 bits per heavy atom. The monoisotopic (exact) mass is 461 g/mol. The largest absolute Gasteiger partial charge is 0.489 e. The van der Waals surface area contributed by atoms with Gasteiger partial charge in [0, 0.05) is 44.2 Å². The lowest BCUT2D eigenvalue weighted by molar-refractivity contribution is 0.0205. The minimum absolute atomic E-state index is 0.150. The molecule has 0 spiro atoms. The van der Waals surface area contributed by atoms with Crippen LogP contribution in [-0.2, 0) is 16.0 Å². The molecule has 6 nitrogen and oxygen atoms in total. The van der Waals surface area contributed by atoms with Crippen molar-refractivity contribution in [1.82, 2.24) is 13.8 Å². The van der Waals surface area contributed by atoms with Crippen molar-refractivity contribution in [1.29, 1.82) is 0 Å². The number of piperazine rings is 1. The van der Waals surface area contributed by atoms with Crippen LogP contribution >= 0.6 is 23.1 Å². The third-order valence-corrected chi connectivity index (χ3v) is 7.69. The first-order chi connectivity index (χ1) is 15.2. The van der Waals surface area contributed by atoms with Crippen LogP contribution in [0.25, 0.3) is 10.1 Å². The Morgan fingerprint density at radius 3 is 2.65 bits per heavy atom. The average molecular weight is 462 g/mol. The molecule has 2 aliphatic heterocycles. The number of nitrogens with zero attached hydrogens (tertiary/aromatic N) is 3. The second-order valence-electron chi connectivity index (χ2n) is 8.32. The van der Waals surface area contributed by atoms with Crippen molar-refractivity contribution in [3.8, 4) is 0 Å². The van der Waals surface area contributed by atoms with Crippen molar-refractivity contribution >= 4 is 33.2 Å². The maximum absolute atomic E-state index is 12.5. The maximum Gasteiger partial charge on any atom is 0.268 e. The van der Waals surface area contributed by atoms with Crippen molar-refractivity contribution in [3.63, 3.8) is 0 Å². The summed E-state index contributed by atoms with van der Waals surface area (Å²) >= 11 is 7.96. The van der Waals surface area contributed by atoms with Gasteiger partial charge < -0.3 is 14.4 Å². The number of benzene rings is 1. The second-order valence-corrected chi connectivity index (χ2v) is 9.86. The minimum Gasteiger partial charge on any atom is -0.489 e. The molecule has 1 aromatic carbocycles. The number of aryl methyl sites for hydroxylation is 1. The predicted octanol–water partition coefficient (Wildman–Crippen LogP) is 3.61. The van der Waals surface area contributed by atoms with Gasteiger partial charge in [-0.15, -0.1) is 0 Å². The highest BCUT2D eigenvalue weighted by molar-refractivity contribution is 7.13. The molecule has 3 aliphatic rings. The van der Waals surface area contributed by atoms with Crippen molar-refractivity contribution in [2.75, 3.05) is 45.9 Å². The second kappa shape index (κ2) is 9.36. The fourth-order valence-corrected chi connectivity index (χ4v) is 5.92. The predicted molar refractivity (Wildman–Crippen MR) is 125 cm³/mol. The first kappa shape index (κ1) is 21.1. The SMILES string of the molecule is O=c1c2ccccc2sn1CCCCN1CCN(C2CC(Cl)=CC3=C2OCCO3)CC1.